The number of ether oxygens (including phenoxy) is 2. The number of anilines is 2. The molecular formula is C41H50N4O4S. The number of aryl methyl sites for hydroxylation is 1. The van der Waals surface area contributed by atoms with Crippen molar-refractivity contribution in [3.05, 3.63) is 108 Å². The van der Waals surface area contributed by atoms with Gasteiger partial charge in [-0.15, -0.1) is 0 Å². The molecule has 0 fully saturated rings. The number of benzene rings is 3. The Morgan fingerprint density at radius 1 is 1.00 bits per heavy atom. The van der Waals surface area contributed by atoms with Crippen LogP contribution >= 0.6 is 0 Å². The van der Waals surface area contributed by atoms with Crippen molar-refractivity contribution in [2.24, 2.45) is 0 Å². The van der Waals surface area contributed by atoms with Crippen LogP contribution in [0.15, 0.2) is 102 Å². The van der Waals surface area contributed by atoms with Gasteiger partial charge in [-0.25, -0.2) is 4.98 Å². The Bertz CT molecular complexity index is 1730. The molecule has 0 saturated carbocycles. The van der Waals surface area contributed by atoms with Crippen molar-refractivity contribution in [2.45, 2.75) is 70.1 Å². The second-order valence-corrected chi connectivity index (χ2v) is 14.3. The molecule has 0 bridgehead atoms. The number of nitrogens with zero attached hydrogens (tertiary/aromatic N) is 3. The molecule has 3 aromatic carbocycles. The van der Waals surface area contributed by atoms with Gasteiger partial charge in [0, 0.05) is 43.2 Å². The first kappa shape index (κ1) is 37.0. The number of carbonyl (C=O) groups is 1. The molecule has 1 aliphatic heterocycles. The summed E-state index contributed by atoms with van der Waals surface area (Å²) in [4.78, 5) is 21.0. The number of imidazole rings is 1. The van der Waals surface area contributed by atoms with E-state index >= 15 is 0 Å². The van der Waals surface area contributed by atoms with Crippen molar-refractivity contribution in [1.29, 1.82) is 0 Å². The molecule has 2 heterocycles. The number of nitrogens with one attached hydrogen (secondary N) is 1. The smallest absolute Gasteiger partial charge is 0.251 e. The van der Waals surface area contributed by atoms with E-state index in [1.165, 1.54) is 0 Å². The lowest BCUT2D eigenvalue weighted by molar-refractivity contribution is -0.112. The van der Waals surface area contributed by atoms with E-state index in [-0.39, 0.29) is 5.91 Å². The topological polar surface area (TPSA) is 91.7 Å². The summed E-state index contributed by atoms with van der Waals surface area (Å²) in [6.07, 6.45) is 10.2. The molecule has 50 heavy (non-hydrogen) atoms. The standard InChI is InChI=1S/C41H50N4O4S/c1-5-7-22-48-23-24-49-38-15-10-32(11-16-38)33-12-19-40-35(25-33)26-34(9-8-21-44(40)28-31(3)4)41(46)43-36-13-17-39(18-14-36)50(47)29-37-27-42-30-45(37)20-6-2/h10-19,25-27,30H,3,5-9,20-24,28-29H2,1-2,4H3,(H,43,46)/b34-26+. The highest BCUT2D eigenvalue weighted by Gasteiger charge is 2.20. The average Bonchev–Trinajstić information content (AvgIpc) is 3.54. The van der Waals surface area contributed by atoms with E-state index in [4.69, 9.17) is 9.47 Å². The largest absolute Gasteiger partial charge is 0.611 e. The summed E-state index contributed by atoms with van der Waals surface area (Å²) in [5.74, 6) is 1.08. The fraction of sp³-hybridized carbons (Fsp3) is 0.366. The third-order valence-corrected chi connectivity index (χ3v) is 9.92. The molecule has 264 valence electrons. The molecule has 0 radical (unpaired) electrons. The quantitative estimate of drug-likeness (QED) is 0.0676. The Kier molecular flexibility index (Phi) is 13.8. The summed E-state index contributed by atoms with van der Waals surface area (Å²) in [6, 6.07) is 21.9. The maximum absolute atomic E-state index is 13.7. The molecule has 1 amide bonds. The highest BCUT2D eigenvalue weighted by Crippen LogP contribution is 2.33. The first-order valence-electron chi connectivity index (χ1n) is 17.7. The molecule has 0 saturated heterocycles. The second kappa shape index (κ2) is 18.6. The maximum Gasteiger partial charge on any atom is 0.251 e. The van der Waals surface area contributed by atoms with E-state index in [0.717, 1.165) is 96.9 Å². The van der Waals surface area contributed by atoms with Crippen LogP contribution < -0.4 is 15.0 Å². The van der Waals surface area contributed by atoms with Gasteiger partial charge in [0.15, 0.2) is 10.6 Å². The van der Waals surface area contributed by atoms with E-state index in [9.17, 15) is 9.35 Å². The molecule has 1 aromatic heterocycles. The number of fused-ring (bicyclic) bond motifs is 1. The van der Waals surface area contributed by atoms with Crippen molar-refractivity contribution >= 4 is 34.5 Å². The maximum atomic E-state index is 13.7. The van der Waals surface area contributed by atoms with Crippen molar-refractivity contribution < 1.29 is 18.8 Å². The number of carbonyl (C=O) groups excluding carboxylic acids is 1. The van der Waals surface area contributed by atoms with Crippen molar-refractivity contribution in [3.8, 4) is 16.9 Å². The van der Waals surface area contributed by atoms with Gasteiger partial charge in [0.25, 0.3) is 5.91 Å². The first-order valence-corrected chi connectivity index (χ1v) is 19.0. The van der Waals surface area contributed by atoms with E-state index in [2.05, 4.69) is 66.0 Å². The number of aromatic nitrogens is 2. The van der Waals surface area contributed by atoms with E-state index in [0.29, 0.717) is 36.0 Å². The fourth-order valence-electron chi connectivity index (χ4n) is 5.99. The summed E-state index contributed by atoms with van der Waals surface area (Å²) in [5.41, 5.74) is 7.63. The first-order chi connectivity index (χ1) is 24.3. The number of hydrogen-bond acceptors (Lipinski definition) is 6. The van der Waals surface area contributed by atoms with Crippen LogP contribution in [0.3, 0.4) is 0 Å². The van der Waals surface area contributed by atoms with Crippen LogP contribution in [0, 0.1) is 0 Å². The van der Waals surface area contributed by atoms with Crippen molar-refractivity contribution in [2.75, 3.05) is 43.1 Å². The lowest BCUT2D eigenvalue weighted by Crippen LogP contribution is -2.28. The Morgan fingerprint density at radius 3 is 2.52 bits per heavy atom. The summed E-state index contributed by atoms with van der Waals surface area (Å²) >= 11 is -1.22. The van der Waals surface area contributed by atoms with Crippen LogP contribution in [0.2, 0.25) is 0 Å². The van der Waals surface area contributed by atoms with Crippen LogP contribution in [0.1, 0.15) is 64.1 Å². The van der Waals surface area contributed by atoms with Crippen LogP contribution in [-0.2, 0) is 33.0 Å². The molecule has 1 N–H and O–H groups in total. The molecular weight excluding hydrogens is 645 g/mol. The highest BCUT2D eigenvalue weighted by molar-refractivity contribution is 7.90. The number of rotatable bonds is 17. The number of unbranched alkanes of at least 4 members (excludes halogenated alkanes) is 1. The molecule has 4 aromatic rings. The molecule has 5 rings (SSSR count). The average molecular weight is 695 g/mol. The van der Waals surface area contributed by atoms with Gasteiger partial charge in [-0.1, -0.05) is 50.6 Å². The van der Waals surface area contributed by atoms with Crippen LogP contribution in [-0.4, -0.2) is 52.9 Å². The zero-order chi connectivity index (χ0) is 35.3. The summed E-state index contributed by atoms with van der Waals surface area (Å²) in [5, 5.41) is 3.08. The van der Waals surface area contributed by atoms with Gasteiger partial charge in [0.2, 0.25) is 0 Å². The molecule has 8 nitrogen and oxygen atoms in total. The third kappa shape index (κ3) is 10.4. The number of hydrogen-bond donors (Lipinski definition) is 1. The van der Waals surface area contributed by atoms with Crippen molar-refractivity contribution in [1.82, 2.24) is 9.55 Å². The highest BCUT2D eigenvalue weighted by atomic mass is 32.2. The van der Waals surface area contributed by atoms with Gasteiger partial charge < -0.3 is 28.8 Å². The monoisotopic (exact) mass is 694 g/mol. The van der Waals surface area contributed by atoms with Gasteiger partial charge in [-0.3, -0.25) is 4.79 Å². The predicted octanol–water partition coefficient (Wildman–Crippen LogP) is 8.66. The normalized spacial score (nSPS) is 14.6. The predicted molar refractivity (Wildman–Crippen MR) is 205 cm³/mol. The fourth-order valence-corrected chi connectivity index (χ4v) is 7.10. The lowest BCUT2D eigenvalue weighted by Gasteiger charge is -2.29. The molecule has 1 unspecified atom stereocenters. The van der Waals surface area contributed by atoms with Crippen LogP contribution in [0.25, 0.3) is 17.2 Å². The van der Waals surface area contributed by atoms with E-state index in [1.54, 1.807) is 12.5 Å². The zero-order valence-corrected chi connectivity index (χ0v) is 30.5. The second-order valence-electron chi connectivity index (χ2n) is 12.8. The SMILES string of the molecule is C=C(C)CN1CCC/C(C(=O)Nc2ccc([S+]([O-])Cc3cncn3CCC)cc2)=C\c2cc(-c3ccc(OCCOCCCC)cc3)ccc21. The Balaban J connectivity index is 1.30. The molecule has 0 aliphatic carbocycles. The Hall–Kier alpha value is -4.31. The Labute approximate surface area is 300 Å². The Morgan fingerprint density at radius 2 is 1.78 bits per heavy atom. The summed E-state index contributed by atoms with van der Waals surface area (Å²) in [7, 11) is 0. The minimum absolute atomic E-state index is 0.132. The summed E-state index contributed by atoms with van der Waals surface area (Å²) in [6.45, 7) is 14.8. The molecule has 9 heteroatoms. The van der Waals surface area contributed by atoms with Crippen LogP contribution in [0.5, 0.6) is 5.75 Å². The van der Waals surface area contributed by atoms with Gasteiger partial charge in [-0.2, -0.15) is 0 Å². The van der Waals surface area contributed by atoms with Gasteiger partial charge >= 0.3 is 0 Å². The lowest BCUT2D eigenvalue weighted by atomic mass is 9.96. The minimum Gasteiger partial charge on any atom is -0.611 e. The van der Waals surface area contributed by atoms with E-state index < -0.39 is 11.2 Å². The zero-order valence-electron chi connectivity index (χ0n) is 29.7. The van der Waals surface area contributed by atoms with E-state index in [1.807, 2.05) is 54.0 Å². The van der Waals surface area contributed by atoms with Gasteiger partial charge in [0.1, 0.15) is 12.4 Å². The van der Waals surface area contributed by atoms with Gasteiger partial charge in [0.05, 0.1) is 24.8 Å². The number of amides is 1. The molecule has 0 spiro atoms. The summed E-state index contributed by atoms with van der Waals surface area (Å²) < 4.78 is 26.6. The molecule has 1 atom stereocenters. The van der Waals surface area contributed by atoms with Crippen molar-refractivity contribution in [3.63, 3.8) is 0 Å². The minimum atomic E-state index is -1.22. The van der Waals surface area contributed by atoms with Crippen LogP contribution in [0.4, 0.5) is 11.4 Å². The third-order valence-electron chi connectivity index (χ3n) is 8.57. The van der Waals surface area contributed by atoms with Gasteiger partial charge in [-0.05, 0) is 115 Å². The molecule has 1 aliphatic rings.